The number of nitrogens with zero attached hydrogens (tertiary/aromatic N) is 3. The molecule has 1 atom stereocenters. The van der Waals surface area contributed by atoms with Gasteiger partial charge in [-0.1, -0.05) is 0 Å². The number of carbonyl (C=O) groups is 1. The molecule has 3 heterocycles. The first-order chi connectivity index (χ1) is 13.6. The summed E-state index contributed by atoms with van der Waals surface area (Å²) >= 11 is 0.432. The van der Waals surface area contributed by atoms with Crippen LogP contribution in [0.15, 0.2) is 41.7 Å². The summed E-state index contributed by atoms with van der Waals surface area (Å²) in [5, 5.41) is 0. The van der Waals surface area contributed by atoms with Crippen LogP contribution in [0.25, 0.3) is 5.57 Å². The minimum atomic E-state index is -0.157. The predicted molar refractivity (Wildman–Crippen MR) is 117 cm³/mol. The molecule has 4 rings (SSSR count). The van der Waals surface area contributed by atoms with Crippen LogP contribution >= 0.6 is 7.81 Å². The Kier molecular flexibility index (Phi) is 7.18. The number of rotatable bonds is 4. The van der Waals surface area contributed by atoms with Gasteiger partial charge in [0.1, 0.15) is 0 Å². The van der Waals surface area contributed by atoms with E-state index in [1.165, 1.54) is 7.11 Å². The molecule has 1 aromatic carbocycles. The summed E-state index contributed by atoms with van der Waals surface area (Å²) in [6, 6.07) is 6.94. The van der Waals surface area contributed by atoms with Gasteiger partial charge in [0.2, 0.25) is 5.88 Å². The summed E-state index contributed by atoms with van der Waals surface area (Å²) in [5.41, 5.74) is 2.98. The van der Waals surface area contributed by atoms with Gasteiger partial charge in [-0.15, -0.1) is 0 Å². The molecule has 0 bridgehead atoms. The molecule has 1 aromatic heterocycles. The van der Waals surface area contributed by atoms with Crippen LogP contribution in [0.4, 0.5) is 5.69 Å². The fourth-order valence-electron chi connectivity index (χ4n) is 3.26. The maximum absolute atomic E-state index is 13.2. The molecule has 0 N–H and O–H groups in total. The van der Waals surface area contributed by atoms with Gasteiger partial charge in [-0.25, -0.2) is 4.98 Å². The smallest absolute Gasteiger partial charge is 0.222 e. The van der Waals surface area contributed by atoms with Crippen molar-refractivity contribution in [2.45, 2.75) is 12.5 Å². The number of benzene rings is 1. The minimum Gasteiger partial charge on any atom is -0.222 e. The summed E-state index contributed by atoms with van der Waals surface area (Å²) < 4.78 is 15.9. The van der Waals surface area contributed by atoms with Gasteiger partial charge >= 0.3 is 139 Å². The van der Waals surface area contributed by atoms with Gasteiger partial charge in [0.25, 0.3) is 0 Å². The van der Waals surface area contributed by atoms with Gasteiger partial charge < -0.3 is 4.74 Å². The van der Waals surface area contributed by atoms with E-state index in [0.29, 0.717) is 46.1 Å². The molecule has 7 nitrogen and oxygen atoms in total. The van der Waals surface area contributed by atoms with Crippen LogP contribution in [0.2, 0.25) is 0 Å². The quantitative estimate of drug-likeness (QED) is 0.228. The number of amides is 1. The molecular formula is C19H17N3O4PSTl-. The van der Waals surface area contributed by atoms with Gasteiger partial charge in [-0.2, -0.15) is 0 Å². The Labute approximate surface area is 194 Å². The molecular weight excluding hydrogens is 602 g/mol. The van der Waals surface area contributed by atoms with E-state index < -0.39 is 0 Å². The van der Waals surface area contributed by atoms with E-state index in [4.69, 9.17) is 13.7 Å². The fraction of sp³-hybridized carbons (Fsp3) is 0.211. The summed E-state index contributed by atoms with van der Waals surface area (Å²) in [7, 11) is 7.16. The van der Waals surface area contributed by atoms with Gasteiger partial charge in [-0.3, -0.25) is 0 Å². The SMILES string of the molecule is COc1ccc(C2=CN3C(=O)c4cc(OC)c(O[SH-]#P)cc4N=C[C@@H]3C2)cn1.[Tl]. The number of aromatic nitrogens is 1. The second kappa shape index (κ2) is 9.44. The number of aliphatic imine (C=N–C) groups is 1. The van der Waals surface area contributed by atoms with Gasteiger partial charge in [0.15, 0.2) is 0 Å². The van der Waals surface area contributed by atoms with Crippen LogP contribution in [-0.4, -0.2) is 69.6 Å². The molecule has 29 heavy (non-hydrogen) atoms. The number of thiol groups is 1. The standard InChI is InChI=1S/C19H17N3O4PS.Tl/c1-24-16-6-14-15(7-17(16)26-28-27)20-9-13-5-12(10-22(13)19(14)23)11-3-4-18(25-2)21-8-11;/h3-4,6-10,13,28H,5H2,1-2H3;/q-1;/t13-;/m0./s1. The molecule has 0 saturated carbocycles. The Morgan fingerprint density at radius 1 is 1.21 bits per heavy atom. The van der Waals surface area contributed by atoms with Crippen LogP contribution in [0.3, 0.4) is 0 Å². The predicted octanol–water partition coefficient (Wildman–Crippen LogP) is 3.12. The van der Waals surface area contributed by atoms with Crippen molar-refractivity contribution in [1.82, 2.24) is 9.88 Å². The molecule has 1 amide bonds. The first-order valence-electron chi connectivity index (χ1n) is 8.46. The second-order valence-electron chi connectivity index (χ2n) is 6.20. The molecule has 0 unspecified atom stereocenters. The molecule has 10 heteroatoms. The van der Waals surface area contributed by atoms with E-state index in [2.05, 4.69) is 17.8 Å². The zero-order valence-corrected chi connectivity index (χ0v) is 22.1. The number of ether oxygens (including phenoxy) is 2. The first kappa shape index (κ1) is 22.0. The molecule has 2 aromatic rings. The van der Waals surface area contributed by atoms with Crippen molar-refractivity contribution in [3.8, 4) is 17.4 Å². The number of fused-ring (bicyclic) bond motifs is 2. The topological polar surface area (TPSA) is 73.2 Å². The number of hydrogen-bond donors (Lipinski definition) is 0. The third-order valence-corrected chi connectivity index (χ3v) is 5.19. The average molecular weight is 619 g/mol. The zero-order valence-electron chi connectivity index (χ0n) is 15.8. The first-order valence-corrected chi connectivity index (χ1v) is 10.4. The van der Waals surface area contributed by atoms with E-state index in [1.54, 1.807) is 42.6 Å². The van der Waals surface area contributed by atoms with Crippen molar-refractivity contribution in [3.05, 3.63) is 47.8 Å². The molecule has 2 aliphatic rings. The van der Waals surface area contributed by atoms with E-state index in [1.807, 2.05) is 12.3 Å². The molecule has 147 valence electrons. The monoisotopic (exact) mass is 619 g/mol. The van der Waals surface area contributed by atoms with Crippen molar-refractivity contribution in [2.75, 3.05) is 14.2 Å². The zero-order chi connectivity index (χ0) is 19.7. The van der Waals surface area contributed by atoms with Crippen LogP contribution in [-0.2, 0) is 11.0 Å². The number of hydrogen-bond acceptors (Lipinski definition) is 7. The van der Waals surface area contributed by atoms with Gasteiger partial charge in [0, 0.05) is 33.4 Å². The number of pyridine rings is 1. The Morgan fingerprint density at radius 3 is 2.69 bits per heavy atom. The van der Waals surface area contributed by atoms with Gasteiger partial charge in [-0.05, 0) is 0 Å². The van der Waals surface area contributed by atoms with Crippen LogP contribution in [0.1, 0.15) is 22.3 Å². The molecule has 0 fully saturated rings. The van der Waals surface area contributed by atoms with Crippen LogP contribution in [0, 0.1) is 0 Å². The fourth-order valence-corrected chi connectivity index (χ4v) is 3.76. The van der Waals surface area contributed by atoms with Crippen LogP contribution in [0.5, 0.6) is 17.4 Å². The third-order valence-electron chi connectivity index (χ3n) is 4.67. The maximum atomic E-state index is 13.2. The molecule has 2 aliphatic heterocycles. The summed E-state index contributed by atoms with van der Waals surface area (Å²) in [6.07, 6.45) is 6.06. The van der Waals surface area contributed by atoms with Gasteiger partial charge in [0.05, 0.1) is 7.11 Å². The van der Waals surface area contributed by atoms with Crippen molar-refractivity contribution in [2.24, 2.45) is 4.99 Å². The van der Waals surface area contributed by atoms with E-state index in [-0.39, 0.29) is 39.2 Å². The summed E-state index contributed by atoms with van der Waals surface area (Å²) in [6.45, 7) is 0. The normalized spacial score (nSPS) is 16.9. The molecule has 1 radical (unpaired) electrons. The van der Waals surface area contributed by atoms with E-state index in [0.717, 1.165) is 11.1 Å². The Bertz CT molecular complexity index is 1050. The summed E-state index contributed by atoms with van der Waals surface area (Å²) in [4.78, 5) is 23.7. The van der Waals surface area contributed by atoms with Crippen molar-refractivity contribution in [3.63, 3.8) is 0 Å². The number of carbonyl (C=O) groups excluding carboxylic acids is 1. The van der Waals surface area contributed by atoms with E-state index >= 15 is 0 Å². The molecule has 0 aliphatic carbocycles. The van der Waals surface area contributed by atoms with Crippen molar-refractivity contribution < 1.29 is 18.5 Å². The van der Waals surface area contributed by atoms with Crippen molar-refractivity contribution in [1.29, 1.82) is 0 Å². The minimum absolute atomic E-state index is 0. The molecule has 0 saturated heterocycles. The second-order valence-corrected chi connectivity index (χ2v) is 7.03. The average Bonchev–Trinajstić information content (AvgIpc) is 3.11. The molecule has 0 spiro atoms. The van der Waals surface area contributed by atoms with E-state index in [9.17, 15) is 4.79 Å². The third kappa shape index (κ3) is 4.29. The van der Waals surface area contributed by atoms with Crippen LogP contribution < -0.4 is 13.7 Å². The van der Waals surface area contributed by atoms with Crippen molar-refractivity contribution >= 4 is 69.5 Å². The summed E-state index contributed by atoms with van der Waals surface area (Å²) in [5.74, 6) is 1.37. The Morgan fingerprint density at radius 2 is 2.03 bits per heavy atom. The number of methoxy groups -OCH3 is 2. The Hall–Kier alpha value is -1.65. The Balaban J connectivity index is 0.00000240.